The fourth-order valence-electron chi connectivity index (χ4n) is 3.46. The van der Waals surface area contributed by atoms with Gasteiger partial charge in [-0.2, -0.15) is 0 Å². The summed E-state index contributed by atoms with van der Waals surface area (Å²) in [6.45, 7) is 2.39. The van der Waals surface area contributed by atoms with E-state index in [-0.39, 0.29) is 19.9 Å². The first-order valence-electron chi connectivity index (χ1n) is 9.68. The van der Waals surface area contributed by atoms with Crippen molar-refractivity contribution in [2.24, 2.45) is 10.9 Å². The van der Waals surface area contributed by atoms with E-state index in [1.54, 1.807) is 6.07 Å². The number of nitrogens with zero attached hydrogens (tertiary/aromatic N) is 2. The number of amides is 4. The lowest BCUT2D eigenvalue weighted by atomic mass is 9.96. The maximum absolute atomic E-state index is 13.0. The Bertz CT molecular complexity index is 1020. The summed E-state index contributed by atoms with van der Waals surface area (Å²) in [5.41, 5.74) is 2.09. The Morgan fingerprint density at radius 1 is 1.07 bits per heavy atom. The number of ether oxygens (including phenoxy) is 2. The van der Waals surface area contributed by atoms with E-state index in [9.17, 15) is 14.4 Å². The van der Waals surface area contributed by atoms with Gasteiger partial charge in [0.15, 0.2) is 17.4 Å². The second-order valence-electron chi connectivity index (χ2n) is 6.99. The summed E-state index contributed by atoms with van der Waals surface area (Å²) >= 11 is 0. The van der Waals surface area contributed by atoms with Gasteiger partial charge in [0.05, 0.1) is 13.1 Å². The molecule has 2 aliphatic rings. The monoisotopic (exact) mass is 407 g/mol. The van der Waals surface area contributed by atoms with Crippen LogP contribution >= 0.6 is 0 Å². The summed E-state index contributed by atoms with van der Waals surface area (Å²) in [5.74, 6) is -0.993. The Morgan fingerprint density at radius 3 is 2.60 bits per heavy atom. The van der Waals surface area contributed by atoms with E-state index in [1.165, 1.54) is 0 Å². The van der Waals surface area contributed by atoms with Crippen molar-refractivity contribution in [1.82, 2.24) is 10.2 Å². The number of nitrogens with one attached hydrogen (secondary N) is 1. The molecule has 154 valence electrons. The quantitative estimate of drug-likeness (QED) is 0.587. The fourth-order valence-corrected chi connectivity index (χ4v) is 3.46. The van der Waals surface area contributed by atoms with Crippen molar-refractivity contribution in [2.75, 3.05) is 6.79 Å². The molecule has 0 saturated carbocycles. The maximum Gasteiger partial charge on any atom is 0.331 e. The standard InChI is InChI=1S/C22H21N3O5/c1-2-16(23-11-15-8-9-17-18(10-15)30-13-29-17)19-20(26)24-22(28)25(21(19)27)12-14-6-4-3-5-7-14/h3-10,19H,2,11-13H2,1H3,(H,24,26,28). The second kappa shape index (κ2) is 8.36. The zero-order valence-corrected chi connectivity index (χ0v) is 16.5. The lowest BCUT2D eigenvalue weighted by Gasteiger charge is -2.30. The number of rotatable bonds is 6. The third-order valence-electron chi connectivity index (χ3n) is 5.03. The average Bonchev–Trinajstić information content (AvgIpc) is 3.22. The number of hydrogen-bond donors (Lipinski definition) is 1. The molecule has 4 rings (SSSR count). The zero-order chi connectivity index (χ0) is 21.1. The summed E-state index contributed by atoms with van der Waals surface area (Å²) in [5, 5.41) is 2.29. The van der Waals surface area contributed by atoms with Crippen molar-refractivity contribution in [3.63, 3.8) is 0 Å². The van der Waals surface area contributed by atoms with Gasteiger partial charge in [-0.3, -0.25) is 24.8 Å². The number of hydrogen-bond acceptors (Lipinski definition) is 6. The van der Waals surface area contributed by atoms with Crippen LogP contribution in [0, 0.1) is 5.92 Å². The molecule has 1 N–H and O–H groups in total. The van der Waals surface area contributed by atoms with Gasteiger partial charge in [-0.15, -0.1) is 0 Å². The maximum atomic E-state index is 13.0. The molecule has 8 heteroatoms. The van der Waals surface area contributed by atoms with Gasteiger partial charge in [0.1, 0.15) is 0 Å². The van der Waals surface area contributed by atoms with Gasteiger partial charge in [-0.25, -0.2) is 4.79 Å². The van der Waals surface area contributed by atoms with Crippen molar-refractivity contribution in [3.8, 4) is 11.5 Å². The minimum atomic E-state index is -1.12. The van der Waals surface area contributed by atoms with Gasteiger partial charge in [0, 0.05) is 5.71 Å². The summed E-state index contributed by atoms with van der Waals surface area (Å²) < 4.78 is 10.7. The van der Waals surface area contributed by atoms with E-state index in [4.69, 9.17) is 9.47 Å². The third kappa shape index (κ3) is 3.89. The van der Waals surface area contributed by atoms with Crippen LogP contribution in [0.2, 0.25) is 0 Å². The molecule has 1 fully saturated rings. The van der Waals surface area contributed by atoms with Gasteiger partial charge >= 0.3 is 6.03 Å². The highest BCUT2D eigenvalue weighted by Crippen LogP contribution is 2.32. The summed E-state index contributed by atoms with van der Waals surface area (Å²) in [4.78, 5) is 43.4. The average molecular weight is 407 g/mol. The topological polar surface area (TPSA) is 97.3 Å². The summed E-state index contributed by atoms with van der Waals surface area (Å²) in [6, 6.07) is 13.9. The van der Waals surface area contributed by atoms with Gasteiger partial charge in [0.25, 0.3) is 0 Å². The lowest BCUT2D eigenvalue weighted by Crippen LogP contribution is -2.59. The molecule has 0 spiro atoms. The van der Waals surface area contributed by atoms with Crippen LogP contribution in [-0.2, 0) is 22.7 Å². The highest BCUT2D eigenvalue weighted by molar-refractivity contribution is 6.27. The van der Waals surface area contributed by atoms with E-state index in [0.29, 0.717) is 23.6 Å². The SMILES string of the molecule is CCC(=NCc1ccc2c(c1)OCO2)C1C(=O)NC(=O)N(Cc2ccccc2)C1=O. The molecule has 1 unspecified atom stereocenters. The molecule has 2 aromatic carbocycles. The molecular formula is C22H21N3O5. The highest BCUT2D eigenvalue weighted by Gasteiger charge is 2.42. The normalized spacial score (nSPS) is 18.6. The van der Waals surface area contributed by atoms with Gasteiger partial charge < -0.3 is 9.47 Å². The van der Waals surface area contributed by atoms with Crippen LogP contribution in [0.15, 0.2) is 53.5 Å². The Balaban J connectivity index is 1.54. The van der Waals surface area contributed by atoms with Crippen LogP contribution in [0.4, 0.5) is 4.79 Å². The van der Waals surface area contributed by atoms with Crippen LogP contribution in [0.25, 0.3) is 0 Å². The first-order chi connectivity index (χ1) is 14.6. The lowest BCUT2D eigenvalue weighted by molar-refractivity contribution is -0.139. The predicted molar refractivity (Wildman–Crippen MR) is 108 cm³/mol. The third-order valence-corrected chi connectivity index (χ3v) is 5.03. The van der Waals surface area contributed by atoms with Crippen LogP contribution in [-0.4, -0.2) is 35.3 Å². The van der Waals surface area contributed by atoms with Crippen molar-refractivity contribution in [3.05, 3.63) is 59.7 Å². The van der Waals surface area contributed by atoms with Crippen LogP contribution < -0.4 is 14.8 Å². The molecule has 1 saturated heterocycles. The van der Waals surface area contributed by atoms with Crippen LogP contribution in [0.1, 0.15) is 24.5 Å². The molecule has 30 heavy (non-hydrogen) atoms. The molecular weight excluding hydrogens is 386 g/mol. The van der Waals surface area contributed by atoms with E-state index in [1.807, 2.05) is 49.4 Å². The molecule has 0 aliphatic carbocycles. The molecule has 0 radical (unpaired) electrons. The summed E-state index contributed by atoms with van der Waals surface area (Å²) in [6.07, 6.45) is 0.405. The minimum absolute atomic E-state index is 0.0917. The van der Waals surface area contributed by atoms with E-state index < -0.39 is 23.8 Å². The number of imide groups is 2. The number of fused-ring (bicyclic) bond motifs is 1. The first kappa shape index (κ1) is 19.6. The molecule has 8 nitrogen and oxygen atoms in total. The number of aliphatic imine (C=N–C) groups is 1. The number of carbonyl (C=O) groups is 3. The van der Waals surface area contributed by atoms with Gasteiger partial charge in [-0.1, -0.05) is 43.3 Å². The van der Waals surface area contributed by atoms with Gasteiger partial charge in [-0.05, 0) is 29.7 Å². The molecule has 4 amide bonds. The van der Waals surface area contributed by atoms with Crippen molar-refractivity contribution in [1.29, 1.82) is 0 Å². The molecule has 2 heterocycles. The Kier molecular flexibility index (Phi) is 5.47. The predicted octanol–water partition coefficient (Wildman–Crippen LogP) is 2.66. The van der Waals surface area contributed by atoms with Crippen LogP contribution in [0.3, 0.4) is 0 Å². The Labute approximate surface area is 173 Å². The fraction of sp³-hybridized carbons (Fsp3) is 0.273. The second-order valence-corrected chi connectivity index (χ2v) is 6.99. The highest BCUT2D eigenvalue weighted by atomic mass is 16.7. The van der Waals surface area contributed by atoms with Crippen molar-refractivity contribution < 1.29 is 23.9 Å². The van der Waals surface area contributed by atoms with Crippen LogP contribution in [0.5, 0.6) is 11.5 Å². The Hall–Kier alpha value is -3.68. The van der Waals surface area contributed by atoms with Gasteiger partial charge in [0.2, 0.25) is 18.6 Å². The van der Waals surface area contributed by atoms with E-state index >= 15 is 0 Å². The van der Waals surface area contributed by atoms with E-state index in [2.05, 4.69) is 10.3 Å². The molecule has 1 atom stereocenters. The molecule has 0 bridgehead atoms. The van der Waals surface area contributed by atoms with E-state index in [0.717, 1.165) is 16.0 Å². The number of barbiturate groups is 1. The largest absolute Gasteiger partial charge is 0.454 e. The number of carbonyl (C=O) groups excluding carboxylic acids is 3. The zero-order valence-electron chi connectivity index (χ0n) is 16.5. The Morgan fingerprint density at radius 2 is 1.83 bits per heavy atom. The molecule has 2 aromatic rings. The molecule has 2 aliphatic heterocycles. The van der Waals surface area contributed by atoms with Crippen molar-refractivity contribution in [2.45, 2.75) is 26.4 Å². The smallest absolute Gasteiger partial charge is 0.331 e. The summed E-state index contributed by atoms with van der Waals surface area (Å²) in [7, 11) is 0. The molecule has 0 aromatic heterocycles. The first-order valence-corrected chi connectivity index (χ1v) is 9.68. The minimum Gasteiger partial charge on any atom is -0.454 e. The van der Waals surface area contributed by atoms with Crippen molar-refractivity contribution >= 4 is 23.6 Å². The number of benzene rings is 2. The number of urea groups is 1.